The summed E-state index contributed by atoms with van der Waals surface area (Å²) in [6, 6.07) is 8.12. The third-order valence-electron chi connectivity index (χ3n) is 5.51. The van der Waals surface area contributed by atoms with Gasteiger partial charge in [-0.2, -0.15) is 4.31 Å². The zero-order valence-electron chi connectivity index (χ0n) is 18.9. The van der Waals surface area contributed by atoms with Gasteiger partial charge in [0.25, 0.3) is 0 Å². The first-order valence-electron chi connectivity index (χ1n) is 10.8. The molecule has 0 spiro atoms. The van der Waals surface area contributed by atoms with Gasteiger partial charge in [-0.1, -0.05) is 36.9 Å². The fourth-order valence-corrected chi connectivity index (χ4v) is 4.53. The van der Waals surface area contributed by atoms with Crippen LogP contribution in [0.4, 0.5) is 4.79 Å². The zero-order valence-corrected chi connectivity index (χ0v) is 19.7. The number of benzene rings is 1. The second-order valence-electron chi connectivity index (χ2n) is 7.89. The van der Waals surface area contributed by atoms with Crippen molar-refractivity contribution in [1.82, 2.24) is 19.4 Å². The summed E-state index contributed by atoms with van der Waals surface area (Å²) in [5.74, 6) is -0.626. The van der Waals surface area contributed by atoms with Gasteiger partial charge in [-0.05, 0) is 30.9 Å². The van der Waals surface area contributed by atoms with E-state index in [1.54, 1.807) is 24.3 Å². The fraction of sp³-hybridized carbons (Fsp3) is 0.500. The maximum absolute atomic E-state index is 13.4. The Balaban J connectivity index is 2.12. The van der Waals surface area contributed by atoms with E-state index in [2.05, 4.69) is 11.9 Å². The van der Waals surface area contributed by atoms with Crippen molar-refractivity contribution in [2.24, 2.45) is 0 Å². The predicted octanol–water partition coefficient (Wildman–Crippen LogP) is 1.11. The van der Waals surface area contributed by atoms with Crippen LogP contribution in [0, 0.1) is 0 Å². The van der Waals surface area contributed by atoms with Gasteiger partial charge in [-0.15, -0.1) is 0 Å². The lowest BCUT2D eigenvalue weighted by Gasteiger charge is -2.37. The molecule has 1 aromatic rings. The quantitative estimate of drug-likeness (QED) is 0.361. The van der Waals surface area contributed by atoms with Crippen molar-refractivity contribution in [2.45, 2.75) is 31.8 Å². The van der Waals surface area contributed by atoms with Crippen LogP contribution in [0.3, 0.4) is 0 Å². The molecule has 2 N–H and O–H groups in total. The first kappa shape index (κ1) is 26.3. The summed E-state index contributed by atoms with van der Waals surface area (Å²) in [5.41, 5.74) is 0.762. The molecule has 0 aromatic heterocycles. The van der Waals surface area contributed by atoms with Crippen LogP contribution >= 0.6 is 0 Å². The summed E-state index contributed by atoms with van der Waals surface area (Å²) < 4.78 is 24.9. The second-order valence-corrected chi connectivity index (χ2v) is 9.87. The molecule has 11 heteroatoms. The lowest BCUT2D eigenvalue weighted by Crippen LogP contribution is -2.56. The number of nitrogens with zero attached hydrogens (tertiary/aromatic N) is 3. The van der Waals surface area contributed by atoms with E-state index in [1.807, 2.05) is 6.07 Å². The third kappa shape index (κ3) is 8.17. The maximum atomic E-state index is 13.4. The number of carbonyl (C=O) groups excluding carboxylic acids is 2. The average Bonchev–Trinajstić information content (AvgIpc) is 2.79. The Morgan fingerprint density at radius 3 is 2.33 bits per heavy atom. The predicted molar refractivity (Wildman–Crippen MR) is 124 cm³/mol. The van der Waals surface area contributed by atoms with Gasteiger partial charge in [0.2, 0.25) is 21.8 Å². The number of rotatable bonds is 11. The summed E-state index contributed by atoms with van der Waals surface area (Å²) in [4.78, 5) is 39.5. The van der Waals surface area contributed by atoms with Gasteiger partial charge in [0.15, 0.2) is 0 Å². The molecule has 1 aromatic carbocycles. The highest BCUT2D eigenvalue weighted by atomic mass is 32.2. The van der Waals surface area contributed by atoms with Gasteiger partial charge >= 0.3 is 6.09 Å². The molecule has 0 saturated carbocycles. The first-order valence-corrected chi connectivity index (χ1v) is 12.7. The van der Waals surface area contributed by atoms with Crippen LogP contribution in [0.25, 0.3) is 0 Å². The lowest BCUT2D eigenvalue weighted by atomic mass is 10.0. The van der Waals surface area contributed by atoms with E-state index in [0.29, 0.717) is 19.4 Å². The van der Waals surface area contributed by atoms with Crippen LogP contribution in [0.15, 0.2) is 43.0 Å². The van der Waals surface area contributed by atoms with Gasteiger partial charge < -0.3 is 15.3 Å². The third-order valence-corrected chi connectivity index (χ3v) is 6.81. The number of piperazine rings is 1. The number of nitrogens with one attached hydrogen (secondary N) is 1. The largest absolute Gasteiger partial charge is 0.465 e. The number of amides is 3. The first-order chi connectivity index (χ1) is 15.6. The molecule has 1 heterocycles. The summed E-state index contributed by atoms with van der Waals surface area (Å²) in [6.45, 7) is 4.61. The van der Waals surface area contributed by atoms with Gasteiger partial charge in [0, 0.05) is 39.3 Å². The van der Waals surface area contributed by atoms with Crippen LogP contribution < -0.4 is 5.32 Å². The van der Waals surface area contributed by atoms with Crippen molar-refractivity contribution in [3.63, 3.8) is 0 Å². The summed E-state index contributed by atoms with van der Waals surface area (Å²) in [6.07, 6.45) is 2.49. The Morgan fingerprint density at radius 1 is 1.15 bits per heavy atom. The van der Waals surface area contributed by atoms with E-state index in [9.17, 15) is 27.9 Å². The lowest BCUT2D eigenvalue weighted by molar-refractivity contribution is -0.138. The minimum absolute atomic E-state index is 0.0586. The van der Waals surface area contributed by atoms with Crippen molar-refractivity contribution in [1.29, 1.82) is 0 Å². The molecule has 3 amide bonds. The van der Waals surface area contributed by atoms with Crippen LogP contribution in [-0.2, 0) is 26.2 Å². The van der Waals surface area contributed by atoms with Crippen molar-refractivity contribution in [2.75, 3.05) is 39.0 Å². The summed E-state index contributed by atoms with van der Waals surface area (Å²) in [5, 5.41) is 12.6. The van der Waals surface area contributed by atoms with Gasteiger partial charge in [0.1, 0.15) is 6.04 Å². The molecule has 1 atom stereocenters. The number of sulfonamides is 1. The van der Waals surface area contributed by atoms with Gasteiger partial charge in [-0.3, -0.25) is 14.5 Å². The van der Waals surface area contributed by atoms with E-state index < -0.39 is 22.2 Å². The normalized spacial score (nSPS) is 15.5. The van der Waals surface area contributed by atoms with Crippen molar-refractivity contribution in [3.8, 4) is 0 Å². The van der Waals surface area contributed by atoms with Crippen LogP contribution in [0.5, 0.6) is 0 Å². The van der Waals surface area contributed by atoms with E-state index in [1.165, 1.54) is 15.3 Å². The molecule has 0 aliphatic carbocycles. The molecule has 182 valence electrons. The molecule has 1 unspecified atom stereocenters. The number of hydrogen-bond donors (Lipinski definition) is 2. The fourth-order valence-electron chi connectivity index (χ4n) is 3.70. The molecular formula is C22H32N4O6S. The highest BCUT2D eigenvalue weighted by Gasteiger charge is 2.35. The number of hydrogen-bond acceptors (Lipinski definition) is 5. The van der Waals surface area contributed by atoms with Crippen LogP contribution in [0.2, 0.25) is 0 Å². The molecule has 10 nitrogen and oxygen atoms in total. The highest BCUT2D eigenvalue weighted by Crippen LogP contribution is 2.18. The maximum Gasteiger partial charge on any atom is 0.408 e. The standard InChI is InChI=1S/C22H32N4O6S/c1-3-20(27)23-12-8-7-11-19(26(22(29)30)17-18-9-5-4-6-10-18)21(28)24-13-15-25(16-14-24)33(2,31)32/h3-6,9-10,19H,1,7-8,11-17H2,2H3,(H,23,27)(H,29,30). The molecule has 0 bridgehead atoms. The highest BCUT2D eigenvalue weighted by molar-refractivity contribution is 7.88. The monoisotopic (exact) mass is 480 g/mol. The molecule has 1 fully saturated rings. The van der Waals surface area contributed by atoms with E-state index in [4.69, 9.17) is 0 Å². The molecule has 0 radical (unpaired) electrons. The number of carbonyl (C=O) groups is 3. The van der Waals surface area contributed by atoms with Crippen LogP contribution in [0.1, 0.15) is 24.8 Å². The molecule has 2 rings (SSSR count). The topological polar surface area (TPSA) is 127 Å². The Labute approximate surface area is 194 Å². The Bertz CT molecular complexity index is 929. The van der Waals surface area contributed by atoms with E-state index in [-0.39, 0.29) is 51.0 Å². The number of unbranched alkanes of at least 4 members (excludes halogenated alkanes) is 1. The molecule has 1 saturated heterocycles. The smallest absolute Gasteiger partial charge is 0.408 e. The molecule has 1 aliphatic rings. The van der Waals surface area contributed by atoms with E-state index >= 15 is 0 Å². The Hall–Kier alpha value is -2.92. The second kappa shape index (κ2) is 12.4. The molecule has 1 aliphatic heterocycles. The van der Waals surface area contributed by atoms with Crippen molar-refractivity contribution >= 4 is 27.9 Å². The summed E-state index contributed by atoms with van der Waals surface area (Å²) >= 11 is 0. The number of carboxylic acid groups (broad SMARTS) is 1. The van der Waals surface area contributed by atoms with Crippen LogP contribution in [-0.4, -0.2) is 90.6 Å². The molecular weight excluding hydrogens is 448 g/mol. The van der Waals surface area contributed by atoms with Crippen molar-refractivity contribution < 1.29 is 27.9 Å². The Kier molecular flexibility index (Phi) is 9.86. The van der Waals surface area contributed by atoms with Gasteiger partial charge in [-0.25, -0.2) is 13.2 Å². The minimum atomic E-state index is -3.35. The average molecular weight is 481 g/mol. The minimum Gasteiger partial charge on any atom is -0.465 e. The van der Waals surface area contributed by atoms with Crippen molar-refractivity contribution in [3.05, 3.63) is 48.6 Å². The van der Waals surface area contributed by atoms with Gasteiger partial charge in [0.05, 0.1) is 6.26 Å². The zero-order chi connectivity index (χ0) is 24.4. The Morgan fingerprint density at radius 2 is 1.79 bits per heavy atom. The summed E-state index contributed by atoms with van der Waals surface area (Å²) in [7, 11) is -3.35. The van der Waals surface area contributed by atoms with E-state index in [0.717, 1.165) is 16.7 Å². The SMILES string of the molecule is C=CC(=O)NCCCCC(C(=O)N1CCN(S(C)(=O)=O)CC1)N(Cc1ccccc1)C(=O)O. The molecule has 33 heavy (non-hydrogen) atoms.